The molecule has 7 rings (SSSR count). The van der Waals surface area contributed by atoms with E-state index in [1.807, 2.05) is 0 Å². The van der Waals surface area contributed by atoms with Crippen molar-refractivity contribution in [2.24, 2.45) is 0 Å². The van der Waals surface area contributed by atoms with Crippen molar-refractivity contribution in [2.45, 2.75) is 67.9 Å². The smallest absolute Gasteiger partial charge is 0.294 e. The minimum absolute atomic E-state index is 0. The van der Waals surface area contributed by atoms with Crippen molar-refractivity contribution in [1.29, 1.82) is 0 Å². The fraction of sp³-hybridized carbons (Fsp3) is 0.143. The van der Waals surface area contributed by atoms with Crippen LogP contribution in [-0.4, -0.2) is 138 Å². The number of fused-ring (bicyclic) bond motifs is 12. The van der Waals surface area contributed by atoms with Gasteiger partial charge >= 0.3 is 0 Å². The minimum atomic E-state index is -5.27. The molecule has 12 N–H and O–H groups in total. The van der Waals surface area contributed by atoms with Gasteiger partial charge in [0.2, 0.25) is 0 Å². The molecule has 0 spiro atoms. The van der Waals surface area contributed by atoms with Crippen molar-refractivity contribution in [2.75, 3.05) is 0 Å². The molecule has 0 saturated carbocycles. The van der Waals surface area contributed by atoms with Gasteiger partial charge in [-0.05, 0) is 72.8 Å². The Morgan fingerprint density at radius 2 is 0.301 bits per heavy atom. The number of rotatable bonds is 6. The van der Waals surface area contributed by atoms with E-state index in [0.29, 0.717) is 72.8 Å². The summed E-state index contributed by atoms with van der Waals surface area (Å²) in [5.41, 5.74) is -6.85. The van der Waals surface area contributed by atoms with Crippen LogP contribution in [0.25, 0.3) is 0 Å². The van der Waals surface area contributed by atoms with Gasteiger partial charge in [0.15, 0.2) is 0 Å². The van der Waals surface area contributed by atoms with Gasteiger partial charge in [-0.3, -0.25) is 27.3 Å². The van der Waals surface area contributed by atoms with Crippen LogP contribution in [0.1, 0.15) is 66.8 Å². The molecule has 0 saturated heterocycles. The Bertz CT molecular complexity index is 3230. The molecule has 0 unspecified atom stereocenters. The predicted octanol–water partition coefficient (Wildman–Crippen LogP) is 2.88. The van der Waals surface area contributed by atoms with Gasteiger partial charge in [0.1, 0.15) is 34.5 Å². The number of aromatic hydroxyl groups is 6. The van der Waals surface area contributed by atoms with Crippen LogP contribution in [0.5, 0.6) is 34.5 Å². The SMILES string of the molecule is O=S(=O)(O)c1cc2c(O)c(c1)Cc1cc(S(=O)(=O)O)cc(c1O)Cc1cc(S(=O)(=O)O)cc(c1O)Cc1cc(S(=O)(=O)O)cc(c1O)Cc1cc(S(=O)(=O)O)cc(c1O)Cc1cc(S(=O)(=O)O)cc(c1O)C2.[Na]. The molecule has 1 aliphatic carbocycles. The largest absolute Gasteiger partial charge is 0.507 e. The molecule has 0 aliphatic heterocycles. The second-order valence-corrected chi connectivity index (χ2v) is 25.0. The summed E-state index contributed by atoms with van der Waals surface area (Å²) in [5, 5.41) is 69.9. The molecule has 0 aromatic heterocycles. The fourth-order valence-corrected chi connectivity index (χ4v) is 11.6. The van der Waals surface area contributed by atoms with Crippen molar-refractivity contribution in [3.8, 4) is 34.5 Å². The third-order valence-corrected chi connectivity index (χ3v) is 16.5. The molecule has 73 heavy (non-hydrogen) atoms. The summed E-state index contributed by atoms with van der Waals surface area (Å²) >= 11 is 0. The Morgan fingerprint density at radius 3 is 0.370 bits per heavy atom. The van der Waals surface area contributed by atoms with Gasteiger partial charge in [0.25, 0.3) is 60.7 Å². The van der Waals surface area contributed by atoms with Crippen LogP contribution in [0.4, 0.5) is 0 Å². The van der Waals surface area contributed by atoms with Crippen LogP contribution in [0.15, 0.2) is 102 Å². The van der Waals surface area contributed by atoms with Crippen molar-refractivity contribution >= 4 is 90.3 Å². The minimum Gasteiger partial charge on any atom is -0.507 e. The van der Waals surface area contributed by atoms with Crippen molar-refractivity contribution < 1.29 is 108 Å². The molecular weight excluding hydrogens is 1100 g/mol. The third-order valence-electron chi connectivity index (χ3n) is 11.5. The number of hydrogen-bond acceptors (Lipinski definition) is 18. The second-order valence-electron chi connectivity index (χ2n) is 16.5. The summed E-state index contributed by atoms with van der Waals surface area (Å²) in [7, 11) is -31.6. The zero-order valence-corrected chi connectivity index (χ0v) is 43.8. The molecule has 6 aromatic rings. The zero-order valence-electron chi connectivity index (χ0n) is 36.9. The Kier molecular flexibility index (Phi) is 15.3. The van der Waals surface area contributed by atoms with Gasteiger partial charge in [-0.15, -0.1) is 0 Å². The summed E-state index contributed by atoms with van der Waals surface area (Å²) in [4.78, 5) is -5.99. The van der Waals surface area contributed by atoms with Crippen LogP contribution < -0.4 is 0 Å². The molecule has 0 amide bonds. The molecule has 0 atom stereocenters. The first-order valence-electron chi connectivity index (χ1n) is 19.8. The van der Waals surface area contributed by atoms with Gasteiger partial charge < -0.3 is 30.6 Å². The normalized spacial score (nSPS) is 13.9. The summed E-state index contributed by atoms with van der Waals surface area (Å²) in [5.74, 6) is -5.57. The van der Waals surface area contributed by atoms with Crippen molar-refractivity contribution in [3.05, 3.63) is 140 Å². The molecule has 0 fully saturated rings. The Hall–Kier alpha value is -5.42. The van der Waals surface area contributed by atoms with E-state index >= 15 is 0 Å². The van der Waals surface area contributed by atoms with Gasteiger partial charge in [0.05, 0.1) is 29.4 Å². The average molecular weight is 1140 g/mol. The van der Waals surface area contributed by atoms with Crippen LogP contribution >= 0.6 is 0 Å². The fourth-order valence-electron chi connectivity index (χ4n) is 8.11. The topological polar surface area (TPSA) is 448 Å². The predicted molar refractivity (Wildman–Crippen MR) is 250 cm³/mol. The van der Waals surface area contributed by atoms with E-state index in [4.69, 9.17) is 0 Å². The molecule has 1 radical (unpaired) electrons. The number of phenols is 6. The first-order valence-corrected chi connectivity index (χ1v) is 28.5. The number of phenolic OH excluding ortho intramolecular Hbond substituents is 6. The molecule has 1 aliphatic rings. The third kappa shape index (κ3) is 12.2. The van der Waals surface area contributed by atoms with Gasteiger partial charge in [0, 0.05) is 135 Å². The van der Waals surface area contributed by atoms with Crippen LogP contribution in [0.2, 0.25) is 0 Å². The maximum Gasteiger partial charge on any atom is 0.294 e. The average Bonchev–Trinajstić information content (AvgIpc) is 3.23. The Morgan fingerprint density at radius 1 is 0.219 bits per heavy atom. The zero-order chi connectivity index (χ0) is 53.6. The van der Waals surface area contributed by atoms with Gasteiger partial charge in [-0.2, -0.15) is 50.5 Å². The van der Waals surface area contributed by atoms with E-state index in [-0.39, 0.29) is 29.6 Å². The van der Waals surface area contributed by atoms with E-state index in [9.17, 15) is 108 Å². The van der Waals surface area contributed by atoms with Crippen LogP contribution in [0.3, 0.4) is 0 Å². The van der Waals surface area contributed by atoms with Gasteiger partial charge in [-0.1, -0.05) is 0 Å². The van der Waals surface area contributed by atoms with Crippen molar-refractivity contribution in [1.82, 2.24) is 0 Å². The molecule has 24 nitrogen and oxygen atoms in total. The molecular formula is C42H36NaO24S6. The van der Waals surface area contributed by atoms with E-state index in [1.54, 1.807) is 0 Å². The standard InChI is InChI=1S/C42H36O24S6.Na/c43-37-19-1-20-8-32(68(52,53)54)10-22(38(20)44)3-24-12-34(70(58,59)60)14-26(40(24)46)5-28-16-36(72(64,65)66)18-30(42(28)48)6-29-17-35(71(61,62)63)15-27(41(29)47)4-25-13-33(69(55,56)57)11-23(39(25)45)2-21(37)9-31(7-19)67(49,50)51;/h7-18,43-48H,1-6H2,(H,49,50,51)(H,52,53,54)(H,55,56,57)(H,58,59,60)(H,61,62,63)(H,64,65,66);. The summed E-state index contributed by atoms with van der Waals surface area (Å²) in [6, 6.07) is 7.73. The number of hydrogen-bond donors (Lipinski definition) is 12. The Labute approximate surface area is 437 Å². The molecule has 6 aromatic carbocycles. The maximum atomic E-state index is 12.6. The second kappa shape index (κ2) is 19.7. The summed E-state index contributed by atoms with van der Waals surface area (Å²) in [6.07, 6.45) is -5.55. The van der Waals surface area contributed by atoms with Crippen molar-refractivity contribution in [3.63, 3.8) is 0 Å². The van der Waals surface area contributed by atoms with E-state index in [0.717, 1.165) is 0 Å². The summed E-state index contributed by atoms with van der Waals surface area (Å²) in [6.45, 7) is 0. The molecule has 12 bridgehead atoms. The quantitative estimate of drug-likeness (QED) is 0.0841. The van der Waals surface area contributed by atoms with E-state index in [1.165, 1.54) is 0 Å². The Balaban J connectivity index is 0.00000869. The van der Waals surface area contributed by atoms with Crippen LogP contribution in [-0.2, 0) is 99.2 Å². The number of benzene rings is 6. The van der Waals surface area contributed by atoms with E-state index in [2.05, 4.69) is 0 Å². The first-order chi connectivity index (χ1) is 32.9. The molecule has 31 heteroatoms. The maximum absolute atomic E-state index is 12.6. The first kappa shape index (κ1) is 56.9. The molecule has 0 heterocycles. The van der Waals surface area contributed by atoms with Crippen LogP contribution in [0, 0.1) is 0 Å². The summed E-state index contributed by atoms with van der Waals surface area (Å²) < 4.78 is 212. The monoisotopic (exact) mass is 1140 g/mol. The van der Waals surface area contributed by atoms with E-state index < -0.39 is 230 Å². The molecule has 385 valence electrons. The van der Waals surface area contributed by atoms with Gasteiger partial charge in [-0.25, -0.2) is 0 Å².